The molecule has 0 saturated heterocycles. The van der Waals surface area contributed by atoms with Gasteiger partial charge in [0.1, 0.15) is 0 Å². The Morgan fingerprint density at radius 3 is 2.25 bits per heavy atom. The van der Waals surface area contributed by atoms with Crippen molar-refractivity contribution in [3.8, 4) is 22.4 Å². The number of benzene rings is 2. The molecule has 0 unspecified atom stereocenters. The van der Waals surface area contributed by atoms with Crippen LogP contribution in [0.25, 0.3) is 22.4 Å². The fourth-order valence-corrected chi connectivity index (χ4v) is 2.33. The standard InChI is InChI=1S/C17H12ClNO/c18-14-8-4-7-13(11-14)15-9-10-16(19-17(15)20)12-5-2-1-3-6-12/h1-11H,(H,19,20). The number of nitrogens with one attached hydrogen (secondary N) is 1. The number of halogens is 1. The third kappa shape index (κ3) is 2.51. The Kier molecular flexibility index (Phi) is 3.40. The van der Waals surface area contributed by atoms with Gasteiger partial charge in [-0.05, 0) is 35.4 Å². The number of hydrogen-bond acceptors (Lipinski definition) is 1. The van der Waals surface area contributed by atoms with Crippen molar-refractivity contribution >= 4 is 11.6 Å². The largest absolute Gasteiger partial charge is 0.321 e. The summed E-state index contributed by atoms with van der Waals surface area (Å²) in [4.78, 5) is 15.1. The molecule has 0 aliphatic rings. The van der Waals surface area contributed by atoms with Gasteiger partial charge in [-0.25, -0.2) is 0 Å². The highest BCUT2D eigenvalue weighted by Gasteiger charge is 2.05. The zero-order valence-electron chi connectivity index (χ0n) is 10.6. The normalized spacial score (nSPS) is 10.4. The minimum atomic E-state index is -0.117. The average molecular weight is 282 g/mol. The molecule has 98 valence electrons. The van der Waals surface area contributed by atoms with Gasteiger partial charge < -0.3 is 4.98 Å². The lowest BCUT2D eigenvalue weighted by Gasteiger charge is -2.05. The lowest BCUT2D eigenvalue weighted by molar-refractivity contribution is 1.24. The van der Waals surface area contributed by atoms with E-state index in [9.17, 15) is 4.79 Å². The Balaban J connectivity index is 2.07. The molecule has 20 heavy (non-hydrogen) atoms. The molecule has 3 heteroatoms. The molecule has 1 N–H and O–H groups in total. The average Bonchev–Trinajstić information content (AvgIpc) is 2.48. The first kappa shape index (κ1) is 12.7. The van der Waals surface area contributed by atoms with Crippen molar-refractivity contribution in [2.75, 3.05) is 0 Å². The smallest absolute Gasteiger partial charge is 0.256 e. The van der Waals surface area contributed by atoms with Gasteiger partial charge >= 0.3 is 0 Å². The maximum atomic E-state index is 12.2. The number of hydrogen-bond donors (Lipinski definition) is 1. The van der Waals surface area contributed by atoms with Crippen LogP contribution in [0, 0.1) is 0 Å². The lowest BCUT2D eigenvalue weighted by atomic mass is 10.1. The van der Waals surface area contributed by atoms with Crippen molar-refractivity contribution in [1.82, 2.24) is 4.98 Å². The molecular formula is C17H12ClNO. The molecule has 0 aliphatic carbocycles. The Hall–Kier alpha value is -2.32. The zero-order chi connectivity index (χ0) is 13.9. The molecular weight excluding hydrogens is 270 g/mol. The Labute approximate surface area is 121 Å². The van der Waals surface area contributed by atoms with Gasteiger partial charge in [0, 0.05) is 16.3 Å². The molecule has 3 aromatic rings. The molecule has 1 heterocycles. The Morgan fingerprint density at radius 1 is 0.800 bits per heavy atom. The third-order valence-electron chi connectivity index (χ3n) is 3.13. The van der Waals surface area contributed by atoms with Crippen LogP contribution in [0.3, 0.4) is 0 Å². The van der Waals surface area contributed by atoms with Crippen molar-refractivity contribution in [2.24, 2.45) is 0 Å². The van der Waals surface area contributed by atoms with E-state index in [1.54, 1.807) is 12.1 Å². The summed E-state index contributed by atoms with van der Waals surface area (Å²) in [5, 5.41) is 0.619. The van der Waals surface area contributed by atoms with E-state index >= 15 is 0 Å². The van der Waals surface area contributed by atoms with Crippen molar-refractivity contribution in [2.45, 2.75) is 0 Å². The van der Waals surface area contributed by atoms with Crippen LogP contribution in [-0.2, 0) is 0 Å². The fourth-order valence-electron chi connectivity index (χ4n) is 2.14. The van der Waals surface area contributed by atoms with Crippen molar-refractivity contribution in [3.63, 3.8) is 0 Å². The van der Waals surface area contributed by atoms with Crippen LogP contribution < -0.4 is 5.56 Å². The first-order valence-corrected chi connectivity index (χ1v) is 6.66. The van der Waals surface area contributed by atoms with E-state index in [1.807, 2.05) is 54.6 Å². The monoisotopic (exact) mass is 281 g/mol. The van der Waals surface area contributed by atoms with E-state index in [1.165, 1.54) is 0 Å². The summed E-state index contributed by atoms with van der Waals surface area (Å²) in [5.74, 6) is 0. The summed E-state index contributed by atoms with van der Waals surface area (Å²) >= 11 is 5.96. The molecule has 0 saturated carbocycles. The molecule has 0 radical (unpaired) electrons. The predicted molar refractivity (Wildman–Crippen MR) is 82.9 cm³/mol. The van der Waals surface area contributed by atoms with Gasteiger partial charge in [0.15, 0.2) is 0 Å². The van der Waals surface area contributed by atoms with Gasteiger partial charge in [-0.2, -0.15) is 0 Å². The molecule has 0 bridgehead atoms. The predicted octanol–water partition coefficient (Wildman–Crippen LogP) is 4.36. The second-order valence-corrected chi connectivity index (χ2v) is 4.93. The van der Waals surface area contributed by atoms with Gasteiger partial charge in [-0.15, -0.1) is 0 Å². The quantitative estimate of drug-likeness (QED) is 0.744. The molecule has 2 nitrogen and oxygen atoms in total. The number of aromatic amines is 1. The van der Waals surface area contributed by atoms with Crippen LogP contribution in [0.5, 0.6) is 0 Å². The first-order valence-electron chi connectivity index (χ1n) is 6.29. The minimum absolute atomic E-state index is 0.117. The van der Waals surface area contributed by atoms with Gasteiger partial charge in [-0.1, -0.05) is 54.1 Å². The Bertz CT molecular complexity index is 793. The van der Waals surface area contributed by atoms with Crippen molar-refractivity contribution < 1.29 is 0 Å². The lowest BCUT2D eigenvalue weighted by Crippen LogP contribution is -2.09. The molecule has 0 aliphatic heterocycles. The second-order valence-electron chi connectivity index (χ2n) is 4.49. The van der Waals surface area contributed by atoms with Crippen LogP contribution in [-0.4, -0.2) is 4.98 Å². The van der Waals surface area contributed by atoms with Gasteiger partial charge in [0.2, 0.25) is 0 Å². The van der Waals surface area contributed by atoms with Crippen molar-refractivity contribution in [3.05, 3.63) is 82.1 Å². The van der Waals surface area contributed by atoms with E-state index in [0.717, 1.165) is 16.8 Å². The third-order valence-corrected chi connectivity index (χ3v) is 3.37. The molecule has 2 aromatic carbocycles. The van der Waals surface area contributed by atoms with Gasteiger partial charge in [0.05, 0.1) is 0 Å². The maximum Gasteiger partial charge on any atom is 0.256 e. The summed E-state index contributed by atoms with van der Waals surface area (Å²) in [5.41, 5.74) is 3.11. The van der Waals surface area contributed by atoms with E-state index in [0.29, 0.717) is 10.6 Å². The summed E-state index contributed by atoms with van der Waals surface area (Å²) < 4.78 is 0. The highest BCUT2D eigenvalue weighted by molar-refractivity contribution is 6.30. The molecule has 0 fully saturated rings. The van der Waals surface area contributed by atoms with Crippen LogP contribution in [0.15, 0.2) is 71.5 Å². The maximum absolute atomic E-state index is 12.2. The number of H-pyrrole nitrogens is 1. The SMILES string of the molecule is O=c1[nH]c(-c2ccccc2)ccc1-c1cccc(Cl)c1. The molecule has 1 aromatic heterocycles. The highest BCUT2D eigenvalue weighted by atomic mass is 35.5. The van der Waals surface area contributed by atoms with Gasteiger partial charge in [0.25, 0.3) is 5.56 Å². The number of aromatic nitrogens is 1. The van der Waals surface area contributed by atoms with Crippen molar-refractivity contribution in [1.29, 1.82) is 0 Å². The number of pyridine rings is 1. The molecule has 0 amide bonds. The van der Waals surface area contributed by atoms with E-state index in [2.05, 4.69) is 4.98 Å². The van der Waals surface area contributed by atoms with Crippen LogP contribution in [0.1, 0.15) is 0 Å². The second kappa shape index (κ2) is 5.35. The van der Waals surface area contributed by atoms with E-state index < -0.39 is 0 Å². The highest BCUT2D eigenvalue weighted by Crippen LogP contribution is 2.21. The summed E-state index contributed by atoms with van der Waals surface area (Å²) in [6, 6.07) is 20.8. The zero-order valence-corrected chi connectivity index (χ0v) is 11.4. The fraction of sp³-hybridized carbons (Fsp3) is 0. The molecule has 0 atom stereocenters. The Morgan fingerprint density at radius 2 is 1.55 bits per heavy atom. The molecule has 3 rings (SSSR count). The summed E-state index contributed by atoms with van der Waals surface area (Å²) in [7, 11) is 0. The topological polar surface area (TPSA) is 32.9 Å². The summed E-state index contributed by atoms with van der Waals surface area (Å²) in [6.07, 6.45) is 0. The first-order chi connectivity index (χ1) is 9.74. The van der Waals surface area contributed by atoms with E-state index in [4.69, 9.17) is 11.6 Å². The minimum Gasteiger partial charge on any atom is -0.321 e. The van der Waals surface area contributed by atoms with Crippen LogP contribution >= 0.6 is 11.6 Å². The number of rotatable bonds is 2. The van der Waals surface area contributed by atoms with Crippen LogP contribution in [0.4, 0.5) is 0 Å². The molecule has 0 spiro atoms. The van der Waals surface area contributed by atoms with E-state index in [-0.39, 0.29) is 5.56 Å². The summed E-state index contributed by atoms with van der Waals surface area (Å²) in [6.45, 7) is 0. The van der Waals surface area contributed by atoms with Gasteiger partial charge in [-0.3, -0.25) is 4.79 Å². The van der Waals surface area contributed by atoms with Crippen LogP contribution in [0.2, 0.25) is 5.02 Å².